The van der Waals surface area contributed by atoms with Crippen LogP contribution in [-0.4, -0.2) is 41.3 Å². The number of anilines is 3. The highest BCUT2D eigenvalue weighted by molar-refractivity contribution is 6.43. The van der Waals surface area contributed by atoms with Crippen molar-refractivity contribution in [2.45, 2.75) is 6.42 Å². The van der Waals surface area contributed by atoms with Gasteiger partial charge in [0, 0.05) is 30.3 Å². The van der Waals surface area contributed by atoms with Gasteiger partial charge in [0.15, 0.2) is 0 Å². The first-order valence-electron chi connectivity index (χ1n) is 9.89. The van der Waals surface area contributed by atoms with Gasteiger partial charge in [-0.25, -0.2) is 14.3 Å². The minimum absolute atomic E-state index is 0.0140. The van der Waals surface area contributed by atoms with Crippen LogP contribution in [0.3, 0.4) is 0 Å². The maximum atomic E-state index is 15.1. The molecular weight excluding hydrogens is 385 g/mol. The molecule has 2 aliphatic rings. The third kappa shape index (κ3) is 3.15. The lowest BCUT2D eigenvalue weighted by Gasteiger charge is -2.23. The van der Waals surface area contributed by atoms with E-state index in [1.807, 2.05) is 30.4 Å². The minimum atomic E-state index is -0.798. The number of benzene rings is 2. The Hall–Kier alpha value is -3.52. The number of nitrogens with one attached hydrogen (secondary N) is 3. The van der Waals surface area contributed by atoms with Crippen molar-refractivity contribution in [3.8, 4) is 0 Å². The second-order valence-corrected chi connectivity index (χ2v) is 7.45. The molecule has 1 unspecified atom stereocenters. The Morgan fingerprint density at radius 3 is 2.87 bits per heavy atom. The van der Waals surface area contributed by atoms with Gasteiger partial charge in [0.05, 0.1) is 16.7 Å². The van der Waals surface area contributed by atoms with Gasteiger partial charge in [-0.05, 0) is 37.2 Å². The molecule has 3 N–H and O–H groups in total. The van der Waals surface area contributed by atoms with E-state index in [1.54, 1.807) is 12.1 Å². The summed E-state index contributed by atoms with van der Waals surface area (Å²) in [4.78, 5) is 34.8. The summed E-state index contributed by atoms with van der Waals surface area (Å²) < 4.78 is 15.1. The number of nitrogens with zero attached hydrogens (tertiary/aromatic N) is 2. The topological polar surface area (TPSA) is 90.1 Å². The molecule has 0 aliphatic carbocycles. The third-order valence-electron chi connectivity index (χ3n) is 5.50. The Morgan fingerprint density at radius 1 is 1.20 bits per heavy atom. The molecule has 2 aliphatic heterocycles. The number of carbonyl (C=O) groups is 2. The first-order chi connectivity index (χ1) is 14.6. The van der Waals surface area contributed by atoms with Crippen molar-refractivity contribution in [2.75, 3.05) is 29.9 Å². The van der Waals surface area contributed by atoms with Crippen LogP contribution in [0.25, 0.3) is 17.1 Å². The average Bonchev–Trinajstić information content (AvgIpc) is 3.43. The maximum absolute atomic E-state index is 15.1. The second kappa shape index (κ2) is 7.38. The van der Waals surface area contributed by atoms with E-state index in [2.05, 4.69) is 20.6 Å². The van der Waals surface area contributed by atoms with E-state index in [1.165, 1.54) is 6.07 Å². The number of H-pyrrole nitrogens is 1. The largest absolute Gasteiger partial charge is 0.381 e. The van der Waals surface area contributed by atoms with E-state index >= 15 is 4.39 Å². The summed E-state index contributed by atoms with van der Waals surface area (Å²) >= 11 is 0. The number of hydrogen-bond acceptors (Lipinski definition) is 5. The number of imidazole rings is 1. The second-order valence-electron chi connectivity index (χ2n) is 7.45. The number of aromatic amines is 1. The Labute approximate surface area is 172 Å². The fraction of sp³-hybridized carbons (Fsp3) is 0.227. The number of halogens is 1. The molecule has 8 heteroatoms. The third-order valence-corrected chi connectivity index (χ3v) is 5.50. The summed E-state index contributed by atoms with van der Waals surface area (Å²) in [5, 5.41) is 6.26. The predicted octanol–water partition coefficient (Wildman–Crippen LogP) is 2.98. The molecule has 7 nitrogen and oxygen atoms in total. The van der Waals surface area contributed by atoms with Gasteiger partial charge in [0.25, 0.3) is 0 Å². The Balaban J connectivity index is 1.63. The van der Waals surface area contributed by atoms with Crippen LogP contribution in [0.2, 0.25) is 0 Å². The number of ketones is 1. The van der Waals surface area contributed by atoms with Crippen molar-refractivity contribution in [3.63, 3.8) is 0 Å². The van der Waals surface area contributed by atoms with Crippen LogP contribution in [0.5, 0.6) is 0 Å². The zero-order valence-corrected chi connectivity index (χ0v) is 16.1. The van der Waals surface area contributed by atoms with Crippen LogP contribution in [0.15, 0.2) is 42.5 Å². The van der Waals surface area contributed by atoms with Gasteiger partial charge in [-0.1, -0.05) is 24.3 Å². The predicted molar refractivity (Wildman–Crippen MR) is 113 cm³/mol. The van der Waals surface area contributed by atoms with Crippen LogP contribution < -0.4 is 15.5 Å². The zero-order valence-electron chi connectivity index (χ0n) is 16.1. The quantitative estimate of drug-likeness (QED) is 0.581. The maximum Gasteiger partial charge on any atom is 0.301 e. The number of hydrogen-bond donors (Lipinski definition) is 3. The minimum Gasteiger partial charge on any atom is -0.381 e. The highest BCUT2D eigenvalue weighted by atomic mass is 19.1. The summed E-state index contributed by atoms with van der Waals surface area (Å²) in [5.41, 5.74) is 2.68. The molecule has 1 saturated heterocycles. The molecule has 3 aromatic rings. The zero-order chi connectivity index (χ0) is 20.7. The molecule has 152 valence electrons. The van der Waals surface area contributed by atoms with Crippen molar-refractivity contribution in [3.05, 3.63) is 53.9 Å². The van der Waals surface area contributed by atoms with Gasteiger partial charge in [-0.3, -0.25) is 9.59 Å². The van der Waals surface area contributed by atoms with Crippen LogP contribution in [-0.2, 0) is 9.59 Å². The Bertz CT molecular complexity index is 1150. The van der Waals surface area contributed by atoms with Crippen LogP contribution in [0, 0.1) is 11.7 Å². The van der Waals surface area contributed by atoms with E-state index in [0.29, 0.717) is 48.3 Å². The average molecular weight is 405 g/mol. The molecule has 1 amide bonds. The van der Waals surface area contributed by atoms with Gasteiger partial charge < -0.3 is 15.6 Å². The summed E-state index contributed by atoms with van der Waals surface area (Å²) in [6, 6.07) is 10.2. The Morgan fingerprint density at radius 2 is 2.07 bits per heavy atom. The molecule has 0 bridgehead atoms. The molecule has 1 atom stereocenters. The summed E-state index contributed by atoms with van der Waals surface area (Å²) in [7, 11) is 0. The summed E-state index contributed by atoms with van der Waals surface area (Å²) in [6.45, 7) is 1.72. The number of amides is 1. The van der Waals surface area contributed by atoms with E-state index in [4.69, 9.17) is 0 Å². The lowest BCUT2D eigenvalue weighted by atomic mass is 10.0. The van der Waals surface area contributed by atoms with E-state index in [9.17, 15) is 9.59 Å². The highest BCUT2D eigenvalue weighted by Gasteiger charge is 2.35. The SMILES string of the molecule is O=C(C(=O)N(c1nc2ccccc2[nH]1)c1cc2c(cc1F)C=CCN2)C1CCNC1. The standard InChI is InChI=1S/C22H20FN5O2/c23-15-10-13-4-3-8-25-18(13)11-19(15)28(21(30)20(29)14-7-9-24-12-14)22-26-16-5-1-2-6-17(16)27-22/h1-6,10-11,14,24-25H,7-9,12H2,(H,26,27). The molecule has 3 heterocycles. The van der Waals surface area contributed by atoms with Gasteiger partial charge in [-0.2, -0.15) is 0 Å². The number of carbonyl (C=O) groups excluding carboxylic acids is 2. The first-order valence-corrected chi connectivity index (χ1v) is 9.89. The van der Waals surface area contributed by atoms with E-state index in [0.717, 1.165) is 4.90 Å². The monoisotopic (exact) mass is 405 g/mol. The smallest absolute Gasteiger partial charge is 0.301 e. The molecule has 2 aromatic carbocycles. The van der Waals surface area contributed by atoms with E-state index in [-0.39, 0.29) is 11.6 Å². The van der Waals surface area contributed by atoms with Crippen molar-refractivity contribution >= 4 is 46.1 Å². The number of aromatic nitrogens is 2. The lowest BCUT2D eigenvalue weighted by molar-refractivity contribution is -0.138. The number of rotatable bonds is 4. The van der Waals surface area contributed by atoms with Gasteiger partial charge in [0.2, 0.25) is 11.7 Å². The molecule has 0 spiro atoms. The molecule has 0 saturated carbocycles. The number of fused-ring (bicyclic) bond motifs is 2. The highest BCUT2D eigenvalue weighted by Crippen LogP contribution is 2.34. The number of Topliss-reactive ketones (excluding diaryl/α,β-unsaturated/α-hetero) is 1. The molecule has 30 heavy (non-hydrogen) atoms. The van der Waals surface area contributed by atoms with E-state index < -0.39 is 23.4 Å². The fourth-order valence-corrected chi connectivity index (χ4v) is 3.92. The van der Waals surface area contributed by atoms with Crippen molar-refractivity contribution in [2.24, 2.45) is 5.92 Å². The van der Waals surface area contributed by atoms with Crippen LogP contribution in [0.4, 0.5) is 21.7 Å². The first kappa shape index (κ1) is 18.5. The number of para-hydroxylation sites is 2. The Kier molecular flexibility index (Phi) is 4.55. The van der Waals surface area contributed by atoms with Gasteiger partial charge in [-0.15, -0.1) is 0 Å². The normalized spacial score (nSPS) is 17.6. The molecular formula is C22H20FN5O2. The van der Waals surface area contributed by atoms with Crippen molar-refractivity contribution in [1.29, 1.82) is 0 Å². The summed E-state index contributed by atoms with van der Waals surface area (Å²) in [5.74, 6) is -2.26. The molecule has 1 aromatic heterocycles. The van der Waals surface area contributed by atoms with Crippen LogP contribution in [0.1, 0.15) is 12.0 Å². The molecule has 5 rings (SSSR count). The molecule has 1 fully saturated rings. The van der Waals surface area contributed by atoms with Gasteiger partial charge >= 0.3 is 5.91 Å². The van der Waals surface area contributed by atoms with Gasteiger partial charge in [0.1, 0.15) is 5.82 Å². The van der Waals surface area contributed by atoms with Crippen molar-refractivity contribution < 1.29 is 14.0 Å². The summed E-state index contributed by atoms with van der Waals surface area (Å²) in [6.07, 6.45) is 4.29. The van der Waals surface area contributed by atoms with Crippen molar-refractivity contribution in [1.82, 2.24) is 15.3 Å². The molecule has 0 radical (unpaired) electrons. The lowest BCUT2D eigenvalue weighted by Crippen LogP contribution is -2.38. The fourth-order valence-electron chi connectivity index (χ4n) is 3.92. The van der Waals surface area contributed by atoms with Crippen LogP contribution >= 0.6 is 0 Å².